The van der Waals surface area contributed by atoms with Gasteiger partial charge in [0.2, 0.25) is 7.29 Å². The minimum absolute atomic E-state index is 0.223. The van der Waals surface area contributed by atoms with E-state index in [2.05, 4.69) is 0 Å². The summed E-state index contributed by atoms with van der Waals surface area (Å²) in [6, 6.07) is 9.40. The van der Waals surface area contributed by atoms with E-state index in [1.165, 1.54) is 0 Å². The summed E-state index contributed by atoms with van der Waals surface area (Å²) in [7, 11) is -3.37. The molecule has 2 nitrogen and oxygen atoms in total. The third-order valence-electron chi connectivity index (χ3n) is 3.14. The van der Waals surface area contributed by atoms with Crippen molar-refractivity contribution in [1.29, 1.82) is 0 Å². The Morgan fingerprint density at radius 1 is 1.15 bits per heavy atom. The van der Waals surface area contributed by atoms with Crippen LogP contribution in [0.3, 0.4) is 0 Å². The highest BCUT2D eigenvalue weighted by atomic mass is 35.5. The first kappa shape index (κ1) is 18.6. The van der Waals surface area contributed by atoms with Crippen LogP contribution >= 0.6 is 53.7 Å². The number of rotatable bonds is 7. The highest BCUT2D eigenvalue weighted by Crippen LogP contribution is 2.71. The first-order chi connectivity index (χ1) is 9.29. The molecule has 0 amide bonds. The predicted octanol–water partition coefficient (Wildman–Crippen LogP) is 5.74. The monoisotopic (exact) mass is 375 g/mol. The van der Waals surface area contributed by atoms with Crippen LogP contribution in [0.15, 0.2) is 30.3 Å². The third-order valence-corrected chi connectivity index (χ3v) is 9.48. The van der Waals surface area contributed by atoms with E-state index in [0.717, 1.165) is 5.56 Å². The largest absolute Gasteiger partial charge is 0.300 e. The molecule has 0 unspecified atom stereocenters. The molecular formula is C13H18Cl4NOP. The number of alkyl halides is 4. The van der Waals surface area contributed by atoms with Crippen LogP contribution in [0.5, 0.6) is 0 Å². The van der Waals surface area contributed by atoms with E-state index in [-0.39, 0.29) is 6.42 Å². The molecule has 0 heterocycles. The first-order valence-corrected chi connectivity index (χ1v) is 9.70. The predicted molar refractivity (Wildman–Crippen MR) is 90.6 cm³/mol. The van der Waals surface area contributed by atoms with Crippen LogP contribution in [-0.2, 0) is 11.0 Å². The molecule has 0 saturated carbocycles. The number of hydrogen-bond acceptors (Lipinski definition) is 1. The van der Waals surface area contributed by atoms with Gasteiger partial charge in [0.1, 0.15) is 0 Å². The van der Waals surface area contributed by atoms with E-state index in [1.807, 2.05) is 44.2 Å². The van der Waals surface area contributed by atoms with Crippen molar-refractivity contribution >= 4 is 53.7 Å². The Balaban J connectivity index is 3.15. The maximum atomic E-state index is 13.3. The van der Waals surface area contributed by atoms with Crippen molar-refractivity contribution in [2.24, 2.45) is 0 Å². The molecule has 20 heavy (non-hydrogen) atoms. The van der Waals surface area contributed by atoms with Crippen LogP contribution < -0.4 is 0 Å². The van der Waals surface area contributed by atoms with E-state index in [9.17, 15) is 4.57 Å². The molecular weight excluding hydrogens is 359 g/mol. The molecule has 1 rings (SSSR count). The summed E-state index contributed by atoms with van der Waals surface area (Å²) in [4.78, 5) is 0. The second-order valence-corrected chi connectivity index (χ2v) is 11.2. The normalized spacial score (nSPS) is 15.6. The van der Waals surface area contributed by atoms with E-state index in [4.69, 9.17) is 46.4 Å². The van der Waals surface area contributed by atoms with Crippen LogP contribution in [0.1, 0.15) is 19.4 Å². The summed E-state index contributed by atoms with van der Waals surface area (Å²) in [5.41, 5.74) is 0.888. The average Bonchev–Trinajstić information content (AvgIpc) is 2.40. The van der Waals surface area contributed by atoms with Crippen LogP contribution in [-0.4, -0.2) is 26.4 Å². The second-order valence-electron chi connectivity index (χ2n) is 4.37. The Morgan fingerprint density at radius 3 is 2.05 bits per heavy atom. The van der Waals surface area contributed by atoms with Gasteiger partial charge in [0.05, 0.1) is 0 Å². The Morgan fingerprint density at radius 2 is 1.65 bits per heavy atom. The molecule has 0 N–H and O–H groups in total. The second kappa shape index (κ2) is 7.72. The molecule has 0 aromatic heterocycles. The van der Waals surface area contributed by atoms with E-state index < -0.39 is 15.9 Å². The fourth-order valence-corrected chi connectivity index (χ4v) is 8.14. The Bertz CT molecular complexity index is 463. The van der Waals surface area contributed by atoms with Crippen LogP contribution in [0.4, 0.5) is 0 Å². The SMILES string of the molecule is CCN(CC)[P@@](=O)(C(Cl)Cl)C(Cl)(Cl)Cc1ccccc1. The zero-order chi connectivity index (χ0) is 15.4. The van der Waals surface area contributed by atoms with Gasteiger partial charge in [0, 0.05) is 19.5 Å². The number of nitrogens with zero attached hydrogens (tertiary/aromatic N) is 1. The lowest BCUT2D eigenvalue weighted by Gasteiger charge is -2.38. The summed E-state index contributed by atoms with van der Waals surface area (Å²) in [5.74, 6) is 0. The minimum Gasteiger partial charge on any atom is -0.300 e. The fraction of sp³-hybridized carbons (Fsp3) is 0.538. The molecule has 0 bridgehead atoms. The van der Waals surface area contributed by atoms with Gasteiger partial charge in [-0.05, 0) is 5.56 Å². The molecule has 0 fully saturated rings. The summed E-state index contributed by atoms with van der Waals surface area (Å²) < 4.78 is 12.3. The molecule has 0 saturated heterocycles. The van der Waals surface area contributed by atoms with Gasteiger partial charge >= 0.3 is 0 Å². The molecule has 1 atom stereocenters. The number of halogens is 4. The van der Waals surface area contributed by atoms with Gasteiger partial charge in [0.15, 0.2) is 8.65 Å². The van der Waals surface area contributed by atoms with Crippen molar-refractivity contribution in [1.82, 2.24) is 4.67 Å². The van der Waals surface area contributed by atoms with E-state index >= 15 is 0 Å². The number of hydrogen-bond donors (Lipinski definition) is 0. The third kappa shape index (κ3) is 3.85. The first-order valence-electron chi connectivity index (χ1n) is 6.34. The van der Waals surface area contributed by atoms with Crippen molar-refractivity contribution < 1.29 is 4.57 Å². The lowest BCUT2D eigenvalue weighted by Crippen LogP contribution is -2.33. The Labute approximate surface area is 140 Å². The maximum absolute atomic E-state index is 13.3. The van der Waals surface area contributed by atoms with Crippen LogP contribution in [0, 0.1) is 0 Å². The molecule has 1 aromatic rings. The van der Waals surface area contributed by atoms with Crippen molar-refractivity contribution in [2.75, 3.05) is 13.1 Å². The Kier molecular flexibility index (Phi) is 7.19. The molecule has 7 heteroatoms. The lowest BCUT2D eigenvalue weighted by molar-refractivity contribution is 0.437. The van der Waals surface area contributed by atoms with E-state index in [1.54, 1.807) is 4.67 Å². The number of benzene rings is 1. The van der Waals surface area contributed by atoms with Crippen molar-refractivity contribution in [3.8, 4) is 0 Å². The zero-order valence-electron chi connectivity index (χ0n) is 11.4. The van der Waals surface area contributed by atoms with Gasteiger partial charge in [0.25, 0.3) is 0 Å². The smallest absolute Gasteiger partial charge is 0.216 e. The average molecular weight is 377 g/mol. The molecule has 0 aliphatic heterocycles. The van der Waals surface area contributed by atoms with Gasteiger partial charge in [-0.15, -0.1) is 0 Å². The highest BCUT2D eigenvalue weighted by Gasteiger charge is 2.53. The molecule has 0 aliphatic rings. The summed E-state index contributed by atoms with van der Waals surface area (Å²) >= 11 is 24.8. The van der Waals surface area contributed by atoms with Crippen LogP contribution in [0.2, 0.25) is 0 Å². The van der Waals surface area contributed by atoms with Gasteiger partial charge in [-0.3, -0.25) is 0 Å². The van der Waals surface area contributed by atoms with Crippen molar-refractivity contribution in [3.05, 3.63) is 35.9 Å². The maximum Gasteiger partial charge on any atom is 0.216 e. The van der Waals surface area contributed by atoms with Crippen molar-refractivity contribution in [2.45, 2.75) is 28.9 Å². The minimum atomic E-state index is -3.37. The zero-order valence-corrected chi connectivity index (χ0v) is 15.3. The topological polar surface area (TPSA) is 20.3 Å². The summed E-state index contributed by atoms with van der Waals surface area (Å²) in [5, 5.41) is 0. The molecule has 0 aliphatic carbocycles. The van der Waals surface area contributed by atoms with Crippen LogP contribution in [0.25, 0.3) is 0 Å². The van der Waals surface area contributed by atoms with Crippen molar-refractivity contribution in [3.63, 3.8) is 0 Å². The van der Waals surface area contributed by atoms with Gasteiger partial charge in [-0.1, -0.05) is 90.6 Å². The lowest BCUT2D eigenvalue weighted by atomic mass is 10.2. The van der Waals surface area contributed by atoms with Gasteiger partial charge < -0.3 is 4.57 Å². The summed E-state index contributed by atoms with van der Waals surface area (Å²) in [6.07, 6.45) is 0.223. The van der Waals surface area contributed by atoms with E-state index in [0.29, 0.717) is 13.1 Å². The summed E-state index contributed by atoms with van der Waals surface area (Å²) in [6.45, 7) is 4.77. The van der Waals surface area contributed by atoms with Gasteiger partial charge in [-0.25, -0.2) is 4.67 Å². The standard InChI is InChI=1S/C13H18Cl4NOP/c1-3-18(4-2)20(19,12(14)15)13(16,17)10-11-8-6-5-7-9-11/h5-9,12H,3-4,10H2,1-2H3/t20-/m1/s1. The van der Waals surface area contributed by atoms with Gasteiger partial charge in [-0.2, -0.15) is 0 Å². The molecule has 1 aromatic carbocycles. The molecule has 0 spiro atoms. The molecule has 114 valence electrons. The quantitative estimate of drug-likeness (QED) is 0.446. The Hall–Kier alpha value is 0.570. The highest BCUT2D eigenvalue weighted by molar-refractivity contribution is 7.71. The molecule has 0 radical (unpaired) electrons. The fourth-order valence-electron chi connectivity index (χ4n) is 2.07.